The Bertz CT molecular complexity index is 7.51. The van der Waals surface area contributed by atoms with Gasteiger partial charge in [-0.25, -0.2) is 0 Å². The van der Waals surface area contributed by atoms with Gasteiger partial charge in [0.05, 0.1) is 0 Å². The molecule has 0 saturated heterocycles. The second-order valence-corrected chi connectivity index (χ2v) is 0. The van der Waals surface area contributed by atoms with Crippen molar-refractivity contribution < 1.29 is 93.7 Å². The molecule has 0 unspecified atom stereocenters. The largest absolute Gasteiger partial charge is 2.00 e. The van der Waals surface area contributed by atoms with Crippen LogP contribution in [0.2, 0.25) is 0 Å². The zero-order valence-corrected chi connectivity index (χ0v) is 8.85. The third-order valence-electron chi connectivity index (χ3n) is 0. The molecule has 1 radical (unpaired) electrons. The van der Waals surface area contributed by atoms with Gasteiger partial charge in [0.2, 0.25) is 0 Å². The first kappa shape index (κ1) is 90.7. The molecule has 0 aliphatic heterocycles. The van der Waals surface area contributed by atoms with Crippen LogP contribution in [0, 0.1) is 0 Å². The summed E-state index contributed by atoms with van der Waals surface area (Å²) in [4.78, 5) is 0. The molecule has 0 N–H and O–H groups in total. The van der Waals surface area contributed by atoms with E-state index in [1.165, 1.54) is 0 Å². The zero-order valence-electron chi connectivity index (χ0n) is 3.01. The fourth-order valence-corrected chi connectivity index (χ4v) is 0. The molecule has 6 heavy (non-hydrogen) atoms. The predicted molar refractivity (Wildman–Crippen MR) is 2.75 cm³/mol. The second kappa shape index (κ2) is 58.8. The van der Waals surface area contributed by atoms with Crippen LogP contribution in [0.25, 0.3) is 0 Å². The SMILES string of the molecule is [K+].[O-2].[O-2].[O-2].[O-2].[Re]. The summed E-state index contributed by atoms with van der Waals surface area (Å²) in [6, 6.07) is 0. The fraction of sp³-hybridized carbons (Fsp3) is 0. The molecule has 0 atom stereocenters. The van der Waals surface area contributed by atoms with Gasteiger partial charge in [-0.3, -0.25) is 0 Å². The Kier molecular flexibility index (Phi) is 889. The minimum atomic E-state index is 0. The quantitative estimate of drug-likeness (QED) is 0.412. The standard InChI is InChI=1S/K.4O.Re/q+1;4*-2;. The molecule has 0 spiro atoms. The van der Waals surface area contributed by atoms with Crippen molar-refractivity contribution in [3.05, 3.63) is 0 Å². The summed E-state index contributed by atoms with van der Waals surface area (Å²) in [6.07, 6.45) is 0. The van der Waals surface area contributed by atoms with Crippen molar-refractivity contribution in [1.82, 2.24) is 0 Å². The monoisotopic (exact) mass is 290 g/mol. The van der Waals surface area contributed by atoms with Crippen LogP contribution in [-0.4, -0.2) is 0 Å². The van der Waals surface area contributed by atoms with E-state index >= 15 is 0 Å². The molecule has 0 aliphatic carbocycles. The summed E-state index contributed by atoms with van der Waals surface area (Å²) in [5, 5.41) is 0. The van der Waals surface area contributed by atoms with Crippen LogP contribution < -0.4 is 51.4 Å². The van der Waals surface area contributed by atoms with E-state index in [4.69, 9.17) is 0 Å². The predicted octanol–water partition coefficient (Wildman–Crippen LogP) is -3.47. The average molecular weight is 289 g/mol. The van der Waals surface area contributed by atoms with Crippen molar-refractivity contribution in [3.8, 4) is 0 Å². The third kappa shape index (κ3) is 35.4. The van der Waals surface area contributed by atoms with Crippen LogP contribution in [0.3, 0.4) is 0 Å². The summed E-state index contributed by atoms with van der Waals surface area (Å²) in [7, 11) is 0. The number of hydrogen-bond acceptors (Lipinski definition) is 0. The van der Waals surface area contributed by atoms with Crippen LogP contribution in [0.5, 0.6) is 0 Å². The first-order valence-corrected chi connectivity index (χ1v) is 0. The van der Waals surface area contributed by atoms with Crippen LogP contribution in [0.4, 0.5) is 0 Å². The number of rotatable bonds is 0. The number of hydrogen-bond donors (Lipinski definition) is 0. The Labute approximate surface area is 92.0 Å². The average Bonchev–Trinajstić information content (AvgIpc) is 0. The van der Waals surface area contributed by atoms with Gasteiger partial charge in [0.15, 0.2) is 0 Å². The molecule has 0 amide bonds. The van der Waals surface area contributed by atoms with E-state index in [2.05, 4.69) is 0 Å². The maximum absolute atomic E-state index is 0. The van der Waals surface area contributed by atoms with Crippen molar-refractivity contribution in [2.45, 2.75) is 0 Å². The van der Waals surface area contributed by atoms with Gasteiger partial charge < -0.3 is 21.9 Å². The normalized spacial score (nSPS) is 0. The molecule has 6 heteroatoms. The molecule has 0 saturated carbocycles. The summed E-state index contributed by atoms with van der Waals surface area (Å²) >= 11 is 0. The van der Waals surface area contributed by atoms with E-state index in [1.54, 1.807) is 0 Å². The zero-order chi connectivity index (χ0) is 0. The minimum absolute atomic E-state index is 0. The molecule has 0 rings (SSSR count). The summed E-state index contributed by atoms with van der Waals surface area (Å²) in [5.74, 6) is 0. The van der Waals surface area contributed by atoms with Crippen LogP contribution in [0.15, 0.2) is 0 Å². The molecular weight excluding hydrogens is 289 g/mol. The van der Waals surface area contributed by atoms with E-state index in [9.17, 15) is 0 Å². The minimum Gasteiger partial charge on any atom is -2.00 e. The van der Waals surface area contributed by atoms with Crippen LogP contribution in [0.1, 0.15) is 0 Å². The third-order valence-corrected chi connectivity index (χ3v) is 0. The molecule has 4 nitrogen and oxygen atoms in total. The molecule has 0 bridgehead atoms. The molecule has 0 aliphatic rings. The molecule has 0 fully saturated rings. The first-order valence-electron chi connectivity index (χ1n) is 0. The molecule has 39 valence electrons. The Morgan fingerprint density at radius 3 is 0.500 bits per heavy atom. The van der Waals surface area contributed by atoms with Crippen LogP contribution in [-0.2, 0) is 42.3 Å². The van der Waals surface area contributed by atoms with Gasteiger partial charge in [-0.15, -0.1) is 0 Å². The van der Waals surface area contributed by atoms with Crippen molar-refractivity contribution in [1.29, 1.82) is 0 Å². The van der Waals surface area contributed by atoms with Crippen molar-refractivity contribution in [3.63, 3.8) is 0 Å². The second-order valence-electron chi connectivity index (χ2n) is 0. The molecule has 0 heterocycles. The Balaban J connectivity index is 0. The van der Waals surface area contributed by atoms with Crippen LogP contribution >= 0.6 is 0 Å². The fourth-order valence-electron chi connectivity index (χ4n) is 0. The van der Waals surface area contributed by atoms with E-state index in [0.717, 1.165) is 0 Å². The maximum Gasteiger partial charge on any atom is 1.00 e. The van der Waals surface area contributed by atoms with Gasteiger partial charge in [-0.05, 0) is 0 Å². The molecular formula is KO4Re-7. The van der Waals surface area contributed by atoms with E-state index in [0.29, 0.717) is 0 Å². The summed E-state index contributed by atoms with van der Waals surface area (Å²) in [6.45, 7) is 0. The molecule has 0 aromatic rings. The van der Waals surface area contributed by atoms with Crippen molar-refractivity contribution >= 4 is 0 Å². The Morgan fingerprint density at radius 2 is 0.500 bits per heavy atom. The topological polar surface area (TPSA) is 114 Å². The summed E-state index contributed by atoms with van der Waals surface area (Å²) in [5.41, 5.74) is 0. The van der Waals surface area contributed by atoms with E-state index in [1.807, 2.05) is 0 Å². The van der Waals surface area contributed by atoms with E-state index < -0.39 is 0 Å². The maximum atomic E-state index is 0. The summed E-state index contributed by atoms with van der Waals surface area (Å²) < 4.78 is 0. The van der Waals surface area contributed by atoms with Gasteiger partial charge >= 0.3 is 51.4 Å². The first-order chi connectivity index (χ1) is 0. The molecule has 0 aromatic carbocycles. The van der Waals surface area contributed by atoms with Gasteiger partial charge in [-0.2, -0.15) is 0 Å². The van der Waals surface area contributed by atoms with E-state index in [-0.39, 0.29) is 93.7 Å². The van der Waals surface area contributed by atoms with Crippen molar-refractivity contribution in [2.75, 3.05) is 0 Å². The smallest absolute Gasteiger partial charge is 1.00 e. The van der Waals surface area contributed by atoms with Gasteiger partial charge in [-0.1, -0.05) is 0 Å². The van der Waals surface area contributed by atoms with Gasteiger partial charge in [0.1, 0.15) is 0 Å². The van der Waals surface area contributed by atoms with Gasteiger partial charge in [0, 0.05) is 20.4 Å². The van der Waals surface area contributed by atoms with Crippen molar-refractivity contribution in [2.24, 2.45) is 0 Å². The van der Waals surface area contributed by atoms with Gasteiger partial charge in [0.25, 0.3) is 0 Å². The Morgan fingerprint density at radius 1 is 0.500 bits per heavy atom. The molecule has 0 aromatic heterocycles. The Hall–Kier alpha value is 2.14.